The Bertz CT molecular complexity index is 424. The van der Waals surface area contributed by atoms with E-state index in [4.69, 9.17) is 9.84 Å². The molecule has 0 aliphatic carbocycles. The van der Waals surface area contributed by atoms with Gasteiger partial charge in [-0.05, 0) is 30.5 Å². The van der Waals surface area contributed by atoms with Crippen LogP contribution in [-0.4, -0.2) is 29.8 Å². The predicted molar refractivity (Wildman–Crippen MR) is 63.6 cm³/mol. The summed E-state index contributed by atoms with van der Waals surface area (Å²) in [6, 6.07) is 6.38. The van der Waals surface area contributed by atoms with Crippen LogP contribution in [0.15, 0.2) is 24.3 Å². The van der Waals surface area contributed by atoms with E-state index in [0.717, 1.165) is 12.0 Å². The average molecular weight is 253 g/mol. The summed E-state index contributed by atoms with van der Waals surface area (Å²) in [7, 11) is 0. The topological polar surface area (TPSA) is 58.6 Å². The number of ether oxygens (including phenoxy) is 1. The monoisotopic (exact) mass is 253 g/mol. The lowest BCUT2D eigenvalue weighted by Crippen LogP contribution is -2.28. The first-order valence-corrected chi connectivity index (χ1v) is 5.98. The average Bonchev–Trinajstić information content (AvgIpc) is 2.78. The molecule has 0 radical (unpaired) electrons. The van der Waals surface area contributed by atoms with Crippen LogP contribution in [0.3, 0.4) is 0 Å². The highest BCUT2D eigenvalue weighted by Crippen LogP contribution is 2.19. The van der Waals surface area contributed by atoms with Gasteiger partial charge in [0, 0.05) is 13.1 Å². The number of carboxylic acids is 1. The van der Waals surface area contributed by atoms with Crippen molar-refractivity contribution in [3.8, 4) is 0 Å². The highest BCUT2D eigenvalue weighted by Gasteiger charge is 2.29. The number of hydrogen-bond acceptors (Lipinski definition) is 3. The number of halogens is 1. The lowest BCUT2D eigenvalue weighted by molar-refractivity contribution is -0.149. The minimum Gasteiger partial charge on any atom is -0.479 e. The van der Waals surface area contributed by atoms with Crippen LogP contribution in [0.1, 0.15) is 18.4 Å². The molecule has 2 unspecified atom stereocenters. The van der Waals surface area contributed by atoms with E-state index in [2.05, 4.69) is 5.32 Å². The molecule has 2 N–H and O–H groups in total. The Morgan fingerprint density at radius 3 is 3.00 bits per heavy atom. The van der Waals surface area contributed by atoms with Crippen molar-refractivity contribution in [2.45, 2.75) is 31.6 Å². The minimum absolute atomic E-state index is 0.0698. The van der Waals surface area contributed by atoms with Crippen molar-refractivity contribution in [1.29, 1.82) is 0 Å². The maximum atomic E-state index is 12.9. The van der Waals surface area contributed by atoms with Gasteiger partial charge in [0.25, 0.3) is 0 Å². The van der Waals surface area contributed by atoms with Gasteiger partial charge in [0.05, 0.1) is 6.10 Å². The number of nitrogens with one attached hydrogen (secondary N) is 1. The van der Waals surface area contributed by atoms with Gasteiger partial charge in [-0.2, -0.15) is 0 Å². The molecule has 0 spiro atoms. The molecule has 1 aliphatic rings. The summed E-state index contributed by atoms with van der Waals surface area (Å²) < 4.78 is 18.3. The molecule has 2 atom stereocenters. The smallest absolute Gasteiger partial charge is 0.332 e. The fraction of sp³-hybridized carbons (Fsp3) is 0.462. The van der Waals surface area contributed by atoms with Gasteiger partial charge < -0.3 is 15.2 Å². The first-order chi connectivity index (χ1) is 8.65. The third kappa shape index (κ3) is 3.51. The van der Waals surface area contributed by atoms with E-state index in [1.165, 1.54) is 12.1 Å². The van der Waals surface area contributed by atoms with Crippen molar-refractivity contribution in [2.75, 3.05) is 6.54 Å². The normalized spacial score (nSPS) is 23.2. The second-order valence-corrected chi connectivity index (χ2v) is 4.42. The first kappa shape index (κ1) is 13.0. The van der Waals surface area contributed by atoms with E-state index in [9.17, 15) is 9.18 Å². The Morgan fingerprint density at radius 1 is 1.50 bits per heavy atom. The summed E-state index contributed by atoms with van der Waals surface area (Å²) in [5, 5.41) is 11.9. The van der Waals surface area contributed by atoms with Crippen LogP contribution in [0.2, 0.25) is 0 Å². The molecule has 18 heavy (non-hydrogen) atoms. The zero-order chi connectivity index (χ0) is 13.0. The van der Waals surface area contributed by atoms with Crippen LogP contribution in [0, 0.1) is 5.82 Å². The Morgan fingerprint density at radius 2 is 2.33 bits per heavy atom. The van der Waals surface area contributed by atoms with Crippen LogP contribution >= 0.6 is 0 Å². The molecule has 98 valence electrons. The van der Waals surface area contributed by atoms with Crippen LogP contribution in [0.25, 0.3) is 0 Å². The van der Waals surface area contributed by atoms with Crippen LogP contribution in [0.5, 0.6) is 0 Å². The SMILES string of the molecule is O=C(O)C1CCC(CNCc2cccc(F)c2)O1. The summed E-state index contributed by atoms with van der Waals surface area (Å²) in [5.74, 6) is -1.15. The van der Waals surface area contributed by atoms with Crippen molar-refractivity contribution < 1.29 is 19.0 Å². The van der Waals surface area contributed by atoms with E-state index in [-0.39, 0.29) is 11.9 Å². The standard InChI is InChI=1S/C13H16FNO3/c14-10-3-1-2-9(6-10)7-15-8-11-4-5-12(18-11)13(16)17/h1-3,6,11-12,15H,4-5,7-8H2,(H,16,17). The van der Waals surface area contributed by atoms with Gasteiger partial charge in [0.2, 0.25) is 0 Å². The number of carbonyl (C=O) groups is 1. The number of hydrogen-bond donors (Lipinski definition) is 2. The molecule has 0 amide bonds. The predicted octanol–water partition coefficient (Wildman–Crippen LogP) is 1.55. The summed E-state index contributed by atoms with van der Waals surface area (Å²) in [5.41, 5.74) is 0.864. The van der Waals surface area contributed by atoms with Gasteiger partial charge in [0.15, 0.2) is 6.10 Å². The van der Waals surface area contributed by atoms with Gasteiger partial charge in [-0.1, -0.05) is 12.1 Å². The number of rotatable bonds is 5. The largest absolute Gasteiger partial charge is 0.479 e. The molecular weight excluding hydrogens is 237 g/mol. The van der Waals surface area contributed by atoms with E-state index in [1.807, 2.05) is 6.07 Å². The highest BCUT2D eigenvalue weighted by atomic mass is 19.1. The molecule has 1 fully saturated rings. The zero-order valence-corrected chi connectivity index (χ0v) is 9.93. The number of carboxylic acid groups (broad SMARTS) is 1. The molecular formula is C13H16FNO3. The van der Waals surface area contributed by atoms with Crippen molar-refractivity contribution in [3.63, 3.8) is 0 Å². The summed E-state index contributed by atoms with van der Waals surface area (Å²) >= 11 is 0. The van der Waals surface area contributed by atoms with Crippen LogP contribution in [0.4, 0.5) is 4.39 Å². The lowest BCUT2D eigenvalue weighted by Gasteiger charge is -2.12. The second-order valence-electron chi connectivity index (χ2n) is 4.42. The van der Waals surface area contributed by atoms with Crippen LogP contribution < -0.4 is 5.32 Å². The van der Waals surface area contributed by atoms with E-state index < -0.39 is 12.1 Å². The van der Waals surface area contributed by atoms with Gasteiger partial charge >= 0.3 is 5.97 Å². The zero-order valence-electron chi connectivity index (χ0n) is 9.93. The number of benzene rings is 1. The molecule has 0 saturated carbocycles. The first-order valence-electron chi connectivity index (χ1n) is 5.98. The van der Waals surface area contributed by atoms with E-state index in [1.54, 1.807) is 6.07 Å². The van der Waals surface area contributed by atoms with Crippen LogP contribution in [-0.2, 0) is 16.1 Å². The van der Waals surface area contributed by atoms with Gasteiger partial charge in [-0.25, -0.2) is 9.18 Å². The highest BCUT2D eigenvalue weighted by molar-refractivity contribution is 5.72. The Balaban J connectivity index is 1.72. The molecule has 4 nitrogen and oxygen atoms in total. The molecule has 1 aromatic rings. The van der Waals surface area contributed by atoms with Crippen molar-refractivity contribution in [1.82, 2.24) is 5.32 Å². The quantitative estimate of drug-likeness (QED) is 0.836. The molecule has 1 saturated heterocycles. The van der Waals surface area contributed by atoms with Crippen molar-refractivity contribution in [2.24, 2.45) is 0 Å². The maximum Gasteiger partial charge on any atom is 0.332 e. The second kappa shape index (κ2) is 5.93. The Labute approximate surface area is 105 Å². The molecule has 1 aliphatic heterocycles. The molecule has 2 rings (SSSR count). The Kier molecular flexibility index (Phi) is 4.28. The summed E-state index contributed by atoms with van der Waals surface area (Å²) in [4.78, 5) is 10.7. The molecule has 0 bridgehead atoms. The van der Waals surface area contributed by atoms with Gasteiger partial charge in [-0.3, -0.25) is 0 Å². The molecule has 1 aromatic carbocycles. The fourth-order valence-electron chi connectivity index (χ4n) is 2.06. The van der Waals surface area contributed by atoms with Crippen molar-refractivity contribution >= 4 is 5.97 Å². The lowest BCUT2D eigenvalue weighted by atomic mass is 10.2. The van der Waals surface area contributed by atoms with Gasteiger partial charge in [-0.15, -0.1) is 0 Å². The Hall–Kier alpha value is -1.46. The summed E-state index contributed by atoms with van der Waals surface area (Å²) in [6.07, 6.45) is 0.556. The molecule has 0 aromatic heterocycles. The minimum atomic E-state index is -0.900. The fourth-order valence-corrected chi connectivity index (χ4v) is 2.06. The van der Waals surface area contributed by atoms with E-state index in [0.29, 0.717) is 19.5 Å². The molecule has 5 heteroatoms. The summed E-state index contributed by atoms with van der Waals surface area (Å²) in [6.45, 7) is 1.13. The van der Waals surface area contributed by atoms with Crippen molar-refractivity contribution in [3.05, 3.63) is 35.6 Å². The third-order valence-corrected chi connectivity index (χ3v) is 2.97. The van der Waals surface area contributed by atoms with E-state index >= 15 is 0 Å². The maximum absolute atomic E-state index is 12.9. The van der Waals surface area contributed by atoms with Gasteiger partial charge in [0.1, 0.15) is 5.82 Å². The molecule has 1 heterocycles. The third-order valence-electron chi connectivity index (χ3n) is 2.97. The number of aliphatic carboxylic acids is 1.